The predicted octanol–water partition coefficient (Wildman–Crippen LogP) is 1.08. The van der Waals surface area contributed by atoms with Crippen LogP contribution in [0.4, 0.5) is 11.4 Å². The van der Waals surface area contributed by atoms with Gasteiger partial charge in [-0.3, -0.25) is 0 Å². The molecule has 0 saturated carbocycles. The largest absolute Gasteiger partial charge is 0.355 e. The Morgan fingerprint density at radius 3 is 1.40 bits per heavy atom. The van der Waals surface area contributed by atoms with Crippen LogP contribution in [0.2, 0.25) is 0 Å². The summed E-state index contributed by atoms with van der Waals surface area (Å²) in [6.07, 6.45) is 8.08. The Morgan fingerprint density at radius 2 is 1.07 bits per heavy atom. The number of nitrogens with one attached hydrogen (secondary N) is 1. The van der Waals surface area contributed by atoms with Crippen molar-refractivity contribution < 1.29 is 9.13 Å². The van der Waals surface area contributed by atoms with Crippen LogP contribution in [0.5, 0.6) is 0 Å². The van der Waals surface area contributed by atoms with Gasteiger partial charge in [-0.25, -0.2) is 9.13 Å². The summed E-state index contributed by atoms with van der Waals surface area (Å²) in [5, 5.41) is 3.33. The molecule has 0 fully saturated rings. The van der Waals surface area contributed by atoms with Crippen LogP contribution in [-0.4, -0.2) is 0 Å². The molecule has 0 saturated heterocycles. The number of hydrogen-bond donors (Lipinski definition) is 1. The van der Waals surface area contributed by atoms with Crippen molar-refractivity contribution in [2.45, 2.75) is 0 Å². The first-order valence-corrected chi connectivity index (χ1v) is 4.92. The Morgan fingerprint density at radius 1 is 0.733 bits per heavy atom. The van der Waals surface area contributed by atoms with E-state index in [1.807, 2.05) is 72.3 Å². The van der Waals surface area contributed by atoms with Crippen LogP contribution in [-0.2, 0) is 14.1 Å². The van der Waals surface area contributed by atoms with Crippen LogP contribution in [0.15, 0.2) is 49.1 Å². The van der Waals surface area contributed by atoms with Crippen LogP contribution in [0.3, 0.4) is 0 Å². The van der Waals surface area contributed by atoms with Crippen LogP contribution >= 0.6 is 0 Å². The van der Waals surface area contributed by atoms with Crippen LogP contribution < -0.4 is 14.5 Å². The summed E-state index contributed by atoms with van der Waals surface area (Å²) in [7, 11) is 4.01. The number of anilines is 2. The first-order chi connectivity index (χ1) is 7.24. The average Bonchev–Trinajstić information content (AvgIpc) is 2.25. The summed E-state index contributed by atoms with van der Waals surface area (Å²) in [6.45, 7) is 0. The van der Waals surface area contributed by atoms with Crippen LogP contribution in [0, 0.1) is 0 Å². The van der Waals surface area contributed by atoms with Crippen molar-refractivity contribution in [2.75, 3.05) is 5.32 Å². The minimum atomic E-state index is 1.10. The lowest BCUT2D eigenvalue weighted by Gasteiger charge is -2.03. The summed E-state index contributed by atoms with van der Waals surface area (Å²) in [4.78, 5) is 0. The Bertz CT molecular complexity index is 388. The maximum atomic E-state index is 3.33. The van der Waals surface area contributed by atoms with E-state index >= 15 is 0 Å². The van der Waals surface area contributed by atoms with Crippen molar-refractivity contribution >= 4 is 11.4 Å². The van der Waals surface area contributed by atoms with Gasteiger partial charge in [0.2, 0.25) is 0 Å². The number of aryl methyl sites for hydroxylation is 2. The fraction of sp³-hybridized carbons (Fsp3) is 0.167. The molecular weight excluding hydrogens is 186 g/mol. The van der Waals surface area contributed by atoms with E-state index in [1.54, 1.807) is 0 Å². The Labute approximate surface area is 89.6 Å². The monoisotopic (exact) mass is 201 g/mol. The van der Waals surface area contributed by atoms with Gasteiger partial charge in [-0.1, -0.05) is 0 Å². The van der Waals surface area contributed by atoms with Crippen molar-refractivity contribution in [2.24, 2.45) is 14.1 Å². The lowest BCUT2D eigenvalue weighted by atomic mass is 10.3. The quantitative estimate of drug-likeness (QED) is 0.721. The first-order valence-electron chi connectivity index (χ1n) is 4.92. The maximum Gasteiger partial charge on any atom is 0.170 e. The molecule has 0 aliphatic rings. The topological polar surface area (TPSA) is 19.8 Å². The Hall–Kier alpha value is -1.90. The molecule has 76 valence electrons. The van der Waals surface area contributed by atoms with Gasteiger partial charge in [0, 0.05) is 24.3 Å². The first kappa shape index (κ1) is 9.65. The van der Waals surface area contributed by atoms with Crippen molar-refractivity contribution in [3.8, 4) is 0 Å². The molecule has 0 bridgehead atoms. The molecule has 0 amide bonds. The van der Waals surface area contributed by atoms with E-state index in [-0.39, 0.29) is 0 Å². The third-order valence-corrected chi connectivity index (χ3v) is 2.25. The number of rotatable bonds is 2. The molecule has 2 aromatic rings. The normalized spacial score (nSPS) is 10.0. The molecule has 0 unspecified atom stereocenters. The molecule has 2 heterocycles. The van der Waals surface area contributed by atoms with Crippen molar-refractivity contribution in [3.05, 3.63) is 49.1 Å². The number of hydrogen-bond acceptors (Lipinski definition) is 1. The minimum Gasteiger partial charge on any atom is -0.355 e. The number of aromatic nitrogens is 2. The standard InChI is InChI=1S/C12H14N3/c1-14-7-3-11(4-8-14)13-12-5-9-15(2)10-6-12/h3-10H,1-2H3/q+1/p+1. The highest BCUT2D eigenvalue weighted by Crippen LogP contribution is 2.12. The number of pyridine rings is 2. The van der Waals surface area contributed by atoms with Gasteiger partial charge >= 0.3 is 0 Å². The lowest BCUT2D eigenvalue weighted by molar-refractivity contribution is -0.671. The molecule has 2 rings (SSSR count). The lowest BCUT2D eigenvalue weighted by Crippen LogP contribution is -2.26. The fourth-order valence-corrected chi connectivity index (χ4v) is 1.34. The molecule has 3 nitrogen and oxygen atoms in total. The molecule has 0 aliphatic heterocycles. The Balaban J connectivity index is 2.15. The summed E-state index contributed by atoms with van der Waals surface area (Å²) >= 11 is 0. The zero-order valence-electron chi connectivity index (χ0n) is 9.01. The van der Waals surface area contributed by atoms with Gasteiger partial charge in [0.05, 0.1) is 11.4 Å². The van der Waals surface area contributed by atoms with Gasteiger partial charge in [-0.15, -0.1) is 0 Å². The summed E-state index contributed by atoms with van der Waals surface area (Å²) < 4.78 is 4.02. The summed E-state index contributed by atoms with van der Waals surface area (Å²) in [5.74, 6) is 0. The molecule has 2 aromatic heterocycles. The molecule has 3 heteroatoms. The van der Waals surface area contributed by atoms with E-state index in [4.69, 9.17) is 0 Å². The third-order valence-electron chi connectivity index (χ3n) is 2.25. The Kier molecular flexibility index (Phi) is 2.63. The summed E-state index contributed by atoms with van der Waals surface area (Å²) in [5.41, 5.74) is 2.20. The van der Waals surface area contributed by atoms with E-state index in [2.05, 4.69) is 5.32 Å². The maximum absolute atomic E-state index is 3.33. The highest BCUT2D eigenvalue weighted by Gasteiger charge is 1.98. The summed E-state index contributed by atoms with van der Waals surface area (Å²) in [6, 6.07) is 8.19. The van der Waals surface area contributed by atoms with Gasteiger partial charge in [0.1, 0.15) is 14.1 Å². The molecular formula is C12H15N3+2. The highest BCUT2D eigenvalue weighted by molar-refractivity contribution is 5.57. The second kappa shape index (κ2) is 4.09. The zero-order chi connectivity index (χ0) is 10.7. The van der Waals surface area contributed by atoms with Gasteiger partial charge < -0.3 is 5.32 Å². The molecule has 0 spiro atoms. The minimum absolute atomic E-state index is 1.10. The van der Waals surface area contributed by atoms with E-state index in [0.717, 1.165) is 11.4 Å². The third kappa shape index (κ3) is 2.53. The van der Waals surface area contributed by atoms with E-state index in [1.165, 1.54) is 0 Å². The van der Waals surface area contributed by atoms with Gasteiger partial charge in [-0.2, -0.15) is 0 Å². The van der Waals surface area contributed by atoms with Gasteiger partial charge in [0.15, 0.2) is 24.8 Å². The zero-order valence-corrected chi connectivity index (χ0v) is 9.01. The average molecular weight is 201 g/mol. The molecule has 0 aromatic carbocycles. The van der Waals surface area contributed by atoms with Crippen molar-refractivity contribution in [1.29, 1.82) is 0 Å². The molecule has 15 heavy (non-hydrogen) atoms. The highest BCUT2D eigenvalue weighted by atomic mass is 14.9. The van der Waals surface area contributed by atoms with Crippen LogP contribution in [0.25, 0.3) is 0 Å². The van der Waals surface area contributed by atoms with E-state index in [9.17, 15) is 0 Å². The van der Waals surface area contributed by atoms with E-state index in [0.29, 0.717) is 0 Å². The van der Waals surface area contributed by atoms with Crippen LogP contribution in [0.1, 0.15) is 0 Å². The van der Waals surface area contributed by atoms with Gasteiger partial charge in [0.25, 0.3) is 0 Å². The molecule has 0 atom stereocenters. The molecule has 1 N–H and O–H groups in total. The second-order valence-corrected chi connectivity index (χ2v) is 3.63. The predicted molar refractivity (Wildman–Crippen MR) is 58.5 cm³/mol. The molecule has 0 radical (unpaired) electrons. The van der Waals surface area contributed by atoms with Gasteiger partial charge in [-0.05, 0) is 0 Å². The smallest absolute Gasteiger partial charge is 0.170 e. The number of nitrogens with zero attached hydrogens (tertiary/aromatic N) is 2. The van der Waals surface area contributed by atoms with Crippen molar-refractivity contribution in [1.82, 2.24) is 0 Å². The fourth-order valence-electron chi connectivity index (χ4n) is 1.34. The molecule has 0 aliphatic carbocycles. The SMILES string of the molecule is C[n+]1ccc(Nc2cc[n+](C)cc2)cc1. The second-order valence-electron chi connectivity index (χ2n) is 3.63. The van der Waals surface area contributed by atoms with E-state index < -0.39 is 0 Å². The van der Waals surface area contributed by atoms with Crippen molar-refractivity contribution in [3.63, 3.8) is 0 Å².